The highest BCUT2D eigenvalue weighted by Gasteiger charge is 2.37. The van der Waals surface area contributed by atoms with Crippen molar-refractivity contribution in [3.63, 3.8) is 0 Å². The predicted molar refractivity (Wildman–Crippen MR) is 107 cm³/mol. The Balaban J connectivity index is 1.67. The van der Waals surface area contributed by atoms with Crippen LogP contribution >= 0.6 is 11.8 Å². The fourth-order valence-electron chi connectivity index (χ4n) is 3.09. The highest BCUT2D eigenvalue weighted by atomic mass is 32.2. The number of benzene rings is 2. The Morgan fingerprint density at radius 2 is 1.89 bits per heavy atom. The zero-order valence-electron chi connectivity index (χ0n) is 15.2. The van der Waals surface area contributed by atoms with E-state index in [4.69, 9.17) is 0 Å². The van der Waals surface area contributed by atoms with Crippen LogP contribution in [0.5, 0.6) is 0 Å². The first kappa shape index (κ1) is 17.6. The van der Waals surface area contributed by atoms with Crippen LogP contribution < -0.4 is 10.7 Å². The van der Waals surface area contributed by atoms with Crippen LogP contribution in [0.1, 0.15) is 29.9 Å². The first-order valence-corrected chi connectivity index (χ1v) is 9.83. The molecule has 138 valence electrons. The number of fused-ring (bicyclic) bond motifs is 1. The van der Waals surface area contributed by atoms with E-state index in [9.17, 15) is 4.79 Å². The van der Waals surface area contributed by atoms with Crippen LogP contribution in [0.15, 0.2) is 59.8 Å². The molecule has 0 fully saturated rings. The second kappa shape index (κ2) is 7.44. The van der Waals surface area contributed by atoms with E-state index in [1.54, 1.807) is 0 Å². The molecule has 0 radical (unpaired) electrons. The van der Waals surface area contributed by atoms with Gasteiger partial charge in [0.25, 0.3) is 0 Å². The van der Waals surface area contributed by atoms with Crippen LogP contribution in [0.2, 0.25) is 0 Å². The maximum atomic E-state index is 13.1. The molecule has 27 heavy (non-hydrogen) atoms. The summed E-state index contributed by atoms with van der Waals surface area (Å²) in [6, 6.07) is 17.6. The normalized spacial score (nSPS) is 18.4. The van der Waals surface area contributed by atoms with E-state index in [1.165, 1.54) is 17.3 Å². The van der Waals surface area contributed by atoms with Gasteiger partial charge in [0.05, 0.1) is 6.04 Å². The smallest absolute Gasteiger partial charge is 0.240 e. The lowest BCUT2D eigenvalue weighted by atomic mass is 10.0. The zero-order valence-corrected chi connectivity index (χ0v) is 16.0. The number of nitrogens with one attached hydrogen (secondary N) is 2. The second-order valence-electron chi connectivity index (χ2n) is 6.50. The number of aromatic nitrogens is 3. The Morgan fingerprint density at radius 1 is 1.15 bits per heavy atom. The Labute approximate surface area is 162 Å². The van der Waals surface area contributed by atoms with Crippen molar-refractivity contribution in [1.29, 1.82) is 0 Å². The second-order valence-corrected chi connectivity index (χ2v) is 7.61. The fourth-order valence-corrected chi connectivity index (χ4v) is 4.19. The van der Waals surface area contributed by atoms with Gasteiger partial charge in [-0.05, 0) is 24.6 Å². The monoisotopic (exact) mass is 379 g/mol. The molecule has 2 N–H and O–H groups in total. The van der Waals surface area contributed by atoms with E-state index in [0.717, 1.165) is 23.5 Å². The van der Waals surface area contributed by atoms with Crippen molar-refractivity contribution in [2.24, 2.45) is 0 Å². The Kier molecular flexibility index (Phi) is 4.85. The lowest BCUT2D eigenvalue weighted by molar-refractivity contribution is -0.116. The molecular formula is C20H21N5OS. The molecule has 2 heterocycles. The number of aryl methyl sites for hydroxylation is 2. The highest BCUT2D eigenvalue weighted by Crippen LogP contribution is 2.37. The molecule has 1 aliphatic rings. The van der Waals surface area contributed by atoms with Crippen molar-refractivity contribution in [3.8, 4) is 0 Å². The predicted octanol–water partition coefficient (Wildman–Crippen LogP) is 3.55. The summed E-state index contributed by atoms with van der Waals surface area (Å²) in [6.45, 7) is 4.10. The third-order valence-electron chi connectivity index (χ3n) is 4.56. The molecule has 0 bridgehead atoms. The minimum Gasteiger partial charge on any atom is -0.325 e. The van der Waals surface area contributed by atoms with Crippen LogP contribution in [-0.2, 0) is 11.2 Å². The van der Waals surface area contributed by atoms with E-state index in [1.807, 2.05) is 41.9 Å². The lowest BCUT2D eigenvalue weighted by Crippen LogP contribution is -2.41. The Bertz CT molecular complexity index is 939. The highest BCUT2D eigenvalue weighted by molar-refractivity contribution is 8.00. The molecule has 0 saturated heterocycles. The summed E-state index contributed by atoms with van der Waals surface area (Å²) >= 11 is 1.44. The number of thioether (sulfide) groups is 1. The van der Waals surface area contributed by atoms with Gasteiger partial charge in [-0.2, -0.15) is 0 Å². The molecule has 1 amide bonds. The van der Waals surface area contributed by atoms with Crippen LogP contribution in [0.4, 0.5) is 5.69 Å². The van der Waals surface area contributed by atoms with Crippen molar-refractivity contribution in [2.45, 2.75) is 36.7 Å². The number of rotatable bonds is 4. The van der Waals surface area contributed by atoms with Crippen molar-refractivity contribution in [3.05, 3.63) is 71.5 Å². The standard InChI is InChI=1S/C20H21N5OS/c1-3-16-22-23-20-25(16)24-17(14-11-9-13(2)10-12-14)18(27-20)19(26)21-15-7-5-4-6-8-15/h4-12,17-18,24H,3H2,1-2H3,(H,21,26)/t17-,18-/m1/s1. The molecule has 1 aliphatic heterocycles. The fraction of sp³-hybridized carbons (Fsp3) is 0.250. The van der Waals surface area contributed by atoms with Gasteiger partial charge in [0, 0.05) is 12.1 Å². The number of anilines is 1. The molecule has 3 aromatic rings. The molecule has 0 spiro atoms. The summed E-state index contributed by atoms with van der Waals surface area (Å²) < 4.78 is 1.90. The minimum atomic E-state index is -0.366. The maximum Gasteiger partial charge on any atom is 0.240 e. The van der Waals surface area contributed by atoms with Crippen molar-refractivity contribution in [2.75, 3.05) is 10.7 Å². The number of carbonyl (C=O) groups excluding carboxylic acids is 1. The molecule has 2 atom stereocenters. The van der Waals surface area contributed by atoms with Gasteiger partial charge in [-0.25, -0.2) is 4.68 Å². The van der Waals surface area contributed by atoms with Gasteiger partial charge in [0.2, 0.25) is 11.1 Å². The van der Waals surface area contributed by atoms with E-state index in [0.29, 0.717) is 5.16 Å². The number of carbonyl (C=O) groups is 1. The summed E-state index contributed by atoms with van der Waals surface area (Å²) in [5, 5.41) is 11.8. The molecule has 0 unspecified atom stereocenters. The molecule has 6 nitrogen and oxygen atoms in total. The molecular weight excluding hydrogens is 358 g/mol. The van der Waals surface area contributed by atoms with Gasteiger partial charge < -0.3 is 10.7 Å². The largest absolute Gasteiger partial charge is 0.325 e. The van der Waals surface area contributed by atoms with Gasteiger partial charge in [0.1, 0.15) is 5.25 Å². The molecule has 1 aromatic heterocycles. The molecule has 2 aromatic carbocycles. The third kappa shape index (κ3) is 3.55. The van der Waals surface area contributed by atoms with E-state index in [-0.39, 0.29) is 17.2 Å². The quantitative estimate of drug-likeness (QED) is 0.725. The van der Waals surface area contributed by atoms with Gasteiger partial charge >= 0.3 is 0 Å². The van der Waals surface area contributed by atoms with E-state index < -0.39 is 0 Å². The summed E-state index contributed by atoms with van der Waals surface area (Å²) in [4.78, 5) is 13.1. The lowest BCUT2D eigenvalue weighted by Gasteiger charge is -2.33. The third-order valence-corrected chi connectivity index (χ3v) is 5.77. The van der Waals surface area contributed by atoms with Gasteiger partial charge in [-0.1, -0.05) is 66.7 Å². The first-order chi connectivity index (χ1) is 13.2. The van der Waals surface area contributed by atoms with Crippen LogP contribution in [0, 0.1) is 6.92 Å². The topological polar surface area (TPSA) is 71.8 Å². The van der Waals surface area contributed by atoms with Gasteiger partial charge in [-0.15, -0.1) is 10.2 Å². The summed E-state index contributed by atoms with van der Waals surface area (Å²) in [5.74, 6) is 0.799. The minimum absolute atomic E-state index is 0.0587. The molecule has 0 saturated carbocycles. The summed E-state index contributed by atoms with van der Waals surface area (Å²) in [5.41, 5.74) is 6.49. The van der Waals surface area contributed by atoms with Crippen molar-refractivity contribution < 1.29 is 4.79 Å². The first-order valence-electron chi connectivity index (χ1n) is 8.95. The van der Waals surface area contributed by atoms with Crippen LogP contribution in [0.3, 0.4) is 0 Å². The number of hydrogen-bond donors (Lipinski definition) is 2. The molecule has 4 rings (SSSR count). The number of hydrogen-bond acceptors (Lipinski definition) is 5. The average Bonchev–Trinajstić information content (AvgIpc) is 3.10. The van der Waals surface area contributed by atoms with Gasteiger partial charge in [-0.3, -0.25) is 4.79 Å². The Morgan fingerprint density at radius 3 is 2.59 bits per heavy atom. The van der Waals surface area contributed by atoms with Crippen LogP contribution in [-0.4, -0.2) is 26.0 Å². The SMILES string of the molecule is CCc1nnc2n1N[C@H](c1ccc(C)cc1)[C@H](C(=O)Nc1ccccc1)S2. The molecule has 7 heteroatoms. The Hall–Kier alpha value is -2.80. The summed E-state index contributed by atoms with van der Waals surface area (Å²) in [6.07, 6.45) is 0.766. The maximum absolute atomic E-state index is 13.1. The zero-order chi connectivity index (χ0) is 18.8. The number of amides is 1. The van der Waals surface area contributed by atoms with E-state index in [2.05, 4.69) is 52.1 Å². The van der Waals surface area contributed by atoms with Crippen molar-refractivity contribution >= 4 is 23.4 Å². The van der Waals surface area contributed by atoms with Crippen molar-refractivity contribution in [1.82, 2.24) is 14.9 Å². The van der Waals surface area contributed by atoms with E-state index >= 15 is 0 Å². The number of para-hydroxylation sites is 1. The summed E-state index contributed by atoms with van der Waals surface area (Å²) in [7, 11) is 0. The van der Waals surface area contributed by atoms with Gasteiger partial charge in [0.15, 0.2) is 5.82 Å². The van der Waals surface area contributed by atoms with Crippen LogP contribution in [0.25, 0.3) is 0 Å². The molecule has 0 aliphatic carbocycles. The number of nitrogens with zero attached hydrogens (tertiary/aromatic N) is 3. The average molecular weight is 379 g/mol.